The Morgan fingerprint density at radius 1 is 0.944 bits per heavy atom. The highest BCUT2D eigenvalue weighted by atomic mass is 19.4. The molecule has 0 radical (unpaired) electrons. The van der Waals surface area contributed by atoms with Crippen LogP contribution in [0.5, 0.6) is 5.75 Å². The van der Waals surface area contributed by atoms with E-state index in [1.54, 1.807) is 36.4 Å². The topological polar surface area (TPSA) is 36.9 Å². The van der Waals surface area contributed by atoms with E-state index in [-0.39, 0.29) is 24.5 Å². The van der Waals surface area contributed by atoms with Gasteiger partial charge in [0.25, 0.3) is 0 Å². The minimum absolute atomic E-state index is 0.000502. The Bertz CT molecular complexity index is 1210. The average molecular weight is 512 g/mol. The first-order chi connectivity index (χ1) is 17.1. The van der Waals surface area contributed by atoms with Gasteiger partial charge in [0, 0.05) is 10.9 Å². The lowest BCUT2D eigenvalue weighted by atomic mass is 9.98. The maximum atomic E-state index is 15.1. The molecule has 3 aromatic carbocycles. The van der Waals surface area contributed by atoms with E-state index >= 15 is 4.39 Å². The summed E-state index contributed by atoms with van der Waals surface area (Å²) in [6, 6.07) is 9.78. The van der Waals surface area contributed by atoms with E-state index in [9.17, 15) is 22.0 Å². The first-order valence-corrected chi connectivity index (χ1v) is 11.0. The second-order valence-corrected chi connectivity index (χ2v) is 8.20. The molecule has 10 heteroatoms. The fraction of sp³-hybridized carbons (Fsp3) is 0.308. The standard InChI is InChI=1S/C26H22F6O4/c1-2-9-33-19-13-34-25(35-14-19)18-7-8-20-17(12-18)6-5-16(23(20)29)4-3-15-10-21(27)24(22(28)11-15)36-26(30,31)32/h2,5-8,10-12,19,25H,1,3-4,9,13-14H2. The first-order valence-electron chi connectivity index (χ1n) is 11.0. The van der Waals surface area contributed by atoms with Gasteiger partial charge in [-0.05, 0) is 47.6 Å². The molecule has 192 valence electrons. The molecule has 4 rings (SSSR count). The van der Waals surface area contributed by atoms with Gasteiger partial charge >= 0.3 is 6.36 Å². The van der Waals surface area contributed by atoms with Crippen molar-refractivity contribution >= 4 is 10.8 Å². The Kier molecular flexibility index (Phi) is 7.87. The highest BCUT2D eigenvalue weighted by Gasteiger charge is 2.34. The quantitative estimate of drug-likeness (QED) is 0.253. The predicted octanol–water partition coefficient (Wildman–Crippen LogP) is 6.56. The van der Waals surface area contributed by atoms with Crippen LogP contribution in [0.25, 0.3) is 10.8 Å². The van der Waals surface area contributed by atoms with E-state index in [0.717, 1.165) is 12.1 Å². The molecule has 0 N–H and O–H groups in total. The van der Waals surface area contributed by atoms with Crippen LogP contribution in [0.3, 0.4) is 0 Å². The van der Waals surface area contributed by atoms with Crippen LogP contribution in [-0.2, 0) is 27.1 Å². The molecule has 0 amide bonds. The Morgan fingerprint density at radius 3 is 2.28 bits per heavy atom. The van der Waals surface area contributed by atoms with Gasteiger partial charge in [0.05, 0.1) is 19.8 Å². The molecule has 1 aliphatic rings. The van der Waals surface area contributed by atoms with Crippen molar-refractivity contribution in [2.75, 3.05) is 19.8 Å². The molecular weight excluding hydrogens is 490 g/mol. The van der Waals surface area contributed by atoms with Crippen molar-refractivity contribution in [1.82, 2.24) is 0 Å². The minimum atomic E-state index is -5.23. The van der Waals surface area contributed by atoms with Crippen molar-refractivity contribution in [3.63, 3.8) is 0 Å². The van der Waals surface area contributed by atoms with Gasteiger partial charge in [-0.15, -0.1) is 19.8 Å². The third-order valence-electron chi connectivity index (χ3n) is 5.61. The van der Waals surface area contributed by atoms with Gasteiger partial charge in [0.1, 0.15) is 11.9 Å². The summed E-state index contributed by atoms with van der Waals surface area (Å²) in [5.74, 6) is -5.00. The highest BCUT2D eigenvalue weighted by molar-refractivity contribution is 5.84. The summed E-state index contributed by atoms with van der Waals surface area (Å²) in [7, 11) is 0. The van der Waals surface area contributed by atoms with Crippen molar-refractivity contribution in [3.05, 3.63) is 89.3 Å². The van der Waals surface area contributed by atoms with E-state index in [2.05, 4.69) is 11.3 Å². The van der Waals surface area contributed by atoms with Crippen molar-refractivity contribution in [2.24, 2.45) is 0 Å². The van der Waals surface area contributed by atoms with E-state index < -0.39 is 35.9 Å². The minimum Gasteiger partial charge on any atom is -0.399 e. The summed E-state index contributed by atoms with van der Waals surface area (Å²) in [5.41, 5.74) is 1.07. The SMILES string of the molecule is C=CCOC1COC(c2ccc3c(F)c(CCc4cc(F)c(OC(F)(F)F)c(F)c4)ccc3c2)OC1. The zero-order valence-electron chi connectivity index (χ0n) is 18.9. The zero-order valence-corrected chi connectivity index (χ0v) is 18.9. The largest absolute Gasteiger partial charge is 0.573 e. The molecule has 4 nitrogen and oxygen atoms in total. The first kappa shape index (κ1) is 26.0. The van der Waals surface area contributed by atoms with E-state index in [4.69, 9.17) is 14.2 Å². The molecule has 1 aliphatic heterocycles. The number of halogens is 6. The lowest BCUT2D eigenvalue weighted by molar-refractivity contribution is -0.276. The smallest absolute Gasteiger partial charge is 0.399 e. The van der Waals surface area contributed by atoms with Gasteiger partial charge in [-0.25, -0.2) is 13.2 Å². The van der Waals surface area contributed by atoms with Crippen LogP contribution in [0.15, 0.2) is 55.1 Å². The van der Waals surface area contributed by atoms with E-state index in [1.165, 1.54) is 0 Å². The molecule has 0 unspecified atom stereocenters. The van der Waals surface area contributed by atoms with Gasteiger partial charge < -0.3 is 18.9 Å². The summed E-state index contributed by atoms with van der Waals surface area (Å²) >= 11 is 0. The summed E-state index contributed by atoms with van der Waals surface area (Å²) in [6.07, 6.45) is -4.33. The van der Waals surface area contributed by atoms with Crippen LogP contribution in [0, 0.1) is 17.5 Å². The molecule has 1 heterocycles. The molecule has 0 aromatic heterocycles. The monoisotopic (exact) mass is 512 g/mol. The fourth-order valence-corrected chi connectivity index (χ4v) is 3.92. The Hall–Kier alpha value is -3.08. The number of hydrogen-bond donors (Lipinski definition) is 0. The van der Waals surface area contributed by atoms with Gasteiger partial charge in [0.15, 0.2) is 17.9 Å². The maximum absolute atomic E-state index is 15.1. The molecule has 0 aliphatic carbocycles. The lowest BCUT2D eigenvalue weighted by Gasteiger charge is -2.29. The molecule has 0 atom stereocenters. The molecule has 36 heavy (non-hydrogen) atoms. The number of fused-ring (bicyclic) bond motifs is 1. The van der Waals surface area contributed by atoms with Crippen LogP contribution in [0.2, 0.25) is 0 Å². The average Bonchev–Trinajstić information content (AvgIpc) is 2.84. The number of ether oxygens (including phenoxy) is 4. The van der Waals surface area contributed by atoms with Gasteiger partial charge in [-0.1, -0.05) is 30.3 Å². The van der Waals surface area contributed by atoms with Crippen LogP contribution in [0.1, 0.15) is 23.0 Å². The van der Waals surface area contributed by atoms with Crippen molar-refractivity contribution in [1.29, 1.82) is 0 Å². The number of aryl methyl sites for hydroxylation is 2. The highest BCUT2D eigenvalue weighted by Crippen LogP contribution is 2.31. The fourth-order valence-electron chi connectivity index (χ4n) is 3.92. The van der Waals surface area contributed by atoms with Crippen LogP contribution in [-0.4, -0.2) is 32.3 Å². The molecule has 1 saturated heterocycles. The van der Waals surface area contributed by atoms with Crippen molar-refractivity contribution in [3.8, 4) is 5.75 Å². The predicted molar refractivity (Wildman–Crippen MR) is 119 cm³/mol. The summed E-state index contributed by atoms with van der Waals surface area (Å²) in [6.45, 7) is 4.66. The molecule has 0 saturated carbocycles. The van der Waals surface area contributed by atoms with Crippen LogP contribution < -0.4 is 4.74 Å². The van der Waals surface area contributed by atoms with Crippen LogP contribution >= 0.6 is 0 Å². The second kappa shape index (κ2) is 10.9. The molecule has 0 spiro atoms. The second-order valence-electron chi connectivity index (χ2n) is 8.20. The van der Waals surface area contributed by atoms with E-state index in [0.29, 0.717) is 41.7 Å². The van der Waals surface area contributed by atoms with Crippen molar-refractivity contribution < 1.29 is 45.3 Å². The molecule has 1 fully saturated rings. The van der Waals surface area contributed by atoms with Gasteiger partial charge in [0.2, 0.25) is 5.75 Å². The van der Waals surface area contributed by atoms with Gasteiger partial charge in [-0.2, -0.15) is 0 Å². The number of benzene rings is 3. The normalized spacial score (nSPS) is 18.4. The van der Waals surface area contributed by atoms with Crippen molar-refractivity contribution in [2.45, 2.75) is 31.6 Å². The number of hydrogen-bond acceptors (Lipinski definition) is 4. The third-order valence-corrected chi connectivity index (χ3v) is 5.61. The Morgan fingerprint density at radius 2 is 1.64 bits per heavy atom. The molecule has 0 bridgehead atoms. The summed E-state index contributed by atoms with van der Waals surface area (Å²) in [4.78, 5) is 0. The Balaban J connectivity index is 1.44. The zero-order chi connectivity index (χ0) is 25.9. The number of rotatable bonds is 8. The third kappa shape index (κ3) is 6.18. The van der Waals surface area contributed by atoms with E-state index in [1.807, 2.05) is 0 Å². The summed E-state index contributed by atoms with van der Waals surface area (Å²) < 4.78 is 100. The summed E-state index contributed by atoms with van der Waals surface area (Å²) in [5, 5.41) is 0.947. The maximum Gasteiger partial charge on any atom is 0.573 e. The lowest BCUT2D eigenvalue weighted by Crippen LogP contribution is -2.33. The molecular formula is C26H22F6O4. The van der Waals surface area contributed by atoms with Crippen LogP contribution in [0.4, 0.5) is 26.3 Å². The number of alkyl halides is 3. The molecule has 3 aromatic rings. The Labute approximate surface area is 203 Å². The van der Waals surface area contributed by atoms with Gasteiger partial charge in [-0.3, -0.25) is 0 Å².